The lowest BCUT2D eigenvalue weighted by Crippen LogP contribution is -2.29. The molecule has 4 nitrogen and oxygen atoms in total. The van der Waals surface area contributed by atoms with Crippen LogP contribution >= 0.6 is 27.3 Å². The minimum Gasteiger partial charge on any atom is -0.468 e. The molecule has 0 spiro atoms. The van der Waals surface area contributed by atoms with Crippen LogP contribution in [-0.4, -0.2) is 29.4 Å². The summed E-state index contributed by atoms with van der Waals surface area (Å²) in [6, 6.07) is 0. The number of methoxy groups -OCH3 is 1. The summed E-state index contributed by atoms with van der Waals surface area (Å²) < 4.78 is 4.58. The molecule has 1 rings (SSSR count). The van der Waals surface area contributed by atoms with E-state index in [-0.39, 0.29) is 10.8 Å². The van der Waals surface area contributed by atoms with Gasteiger partial charge < -0.3 is 10.1 Å². The first-order chi connectivity index (χ1) is 7.13. The van der Waals surface area contributed by atoms with E-state index in [1.807, 2.05) is 13.1 Å². The van der Waals surface area contributed by atoms with Crippen molar-refractivity contribution in [2.45, 2.75) is 18.3 Å². The molecule has 0 fully saturated rings. The molecule has 0 saturated heterocycles. The van der Waals surface area contributed by atoms with E-state index in [1.165, 1.54) is 7.11 Å². The van der Waals surface area contributed by atoms with Crippen LogP contribution < -0.4 is 5.32 Å². The molecule has 0 aliphatic carbocycles. The van der Waals surface area contributed by atoms with Crippen LogP contribution in [0.1, 0.15) is 9.88 Å². The molecule has 0 aliphatic heterocycles. The number of hydrogen-bond donors (Lipinski definition) is 1. The Hall–Kier alpha value is -0.460. The molecular formula is C9H13BrN2O2S. The van der Waals surface area contributed by atoms with Crippen LogP contribution in [0.25, 0.3) is 0 Å². The van der Waals surface area contributed by atoms with E-state index in [2.05, 4.69) is 31.0 Å². The molecule has 6 heteroatoms. The molecule has 1 atom stereocenters. The van der Waals surface area contributed by atoms with Gasteiger partial charge in [0.25, 0.3) is 0 Å². The van der Waals surface area contributed by atoms with Crippen molar-refractivity contribution in [1.82, 2.24) is 10.3 Å². The maximum absolute atomic E-state index is 11.0. The van der Waals surface area contributed by atoms with Gasteiger partial charge in [-0.2, -0.15) is 0 Å². The fraction of sp³-hybridized carbons (Fsp3) is 0.556. The summed E-state index contributed by atoms with van der Waals surface area (Å²) in [6.45, 7) is 3.24. The Labute approximate surface area is 101 Å². The molecule has 0 bridgehead atoms. The van der Waals surface area contributed by atoms with Gasteiger partial charge in [0.2, 0.25) is 0 Å². The molecule has 1 heterocycles. The van der Waals surface area contributed by atoms with Crippen molar-refractivity contribution in [3.8, 4) is 0 Å². The lowest BCUT2D eigenvalue weighted by molar-refractivity contribution is -0.139. The number of thiazole rings is 1. The highest BCUT2D eigenvalue weighted by atomic mass is 79.9. The first-order valence-electron chi connectivity index (χ1n) is 4.47. The van der Waals surface area contributed by atoms with E-state index >= 15 is 0 Å². The number of nitrogens with zero attached hydrogens (tertiary/aromatic N) is 1. The third-order valence-corrected chi connectivity index (χ3v) is 3.36. The lowest BCUT2D eigenvalue weighted by atomic mass is 10.4. The maximum Gasteiger partial charge on any atom is 0.320 e. The fourth-order valence-electron chi connectivity index (χ4n) is 1.02. The van der Waals surface area contributed by atoms with Gasteiger partial charge in [-0.3, -0.25) is 4.79 Å². The Morgan fingerprint density at radius 3 is 3.07 bits per heavy atom. The number of nitrogens with one attached hydrogen (secondary N) is 1. The largest absolute Gasteiger partial charge is 0.468 e. The van der Waals surface area contributed by atoms with Crippen molar-refractivity contribution >= 4 is 33.2 Å². The molecule has 0 aromatic carbocycles. The minimum atomic E-state index is -0.295. The topological polar surface area (TPSA) is 51.2 Å². The SMILES string of the molecule is COC(=O)C(Br)CNCc1cnc(C)s1. The van der Waals surface area contributed by atoms with Crippen LogP contribution in [0.4, 0.5) is 0 Å². The van der Waals surface area contributed by atoms with Crippen molar-refractivity contribution in [2.75, 3.05) is 13.7 Å². The van der Waals surface area contributed by atoms with Gasteiger partial charge in [0.05, 0.1) is 12.1 Å². The normalized spacial score (nSPS) is 12.5. The Morgan fingerprint density at radius 1 is 1.80 bits per heavy atom. The number of alkyl halides is 1. The second kappa shape index (κ2) is 6.19. The zero-order valence-electron chi connectivity index (χ0n) is 8.62. The quantitative estimate of drug-likeness (QED) is 0.660. The van der Waals surface area contributed by atoms with Crippen molar-refractivity contribution in [1.29, 1.82) is 0 Å². The third kappa shape index (κ3) is 4.27. The third-order valence-electron chi connectivity index (χ3n) is 1.75. The smallest absolute Gasteiger partial charge is 0.320 e. The van der Waals surface area contributed by atoms with Crippen molar-refractivity contribution in [3.05, 3.63) is 16.1 Å². The lowest BCUT2D eigenvalue weighted by Gasteiger charge is -2.07. The number of ether oxygens (including phenoxy) is 1. The Kier molecular flexibility index (Phi) is 5.21. The standard InChI is InChI=1S/C9H13BrN2O2S/c1-6-12-4-7(15-6)3-11-5-8(10)9(13)14-2/h4,8,11H,3,5H2,1-2H3. The van der Waals surface area contributed by atoms with Crippen LogP contribution in [0, 0.1) is 6.92 Å². The molecule has 0 amide bonds. The van der Waals surface area contributed by atoms with E-state index in [4.69, 9.17) is 0 Å². The fourth-order valence-corrected chi connectivity index (χ4v) is 2.20. The molecule has 15 heavy (non-hydrogen) atoms. The molecule has 84 valence electrons. The van der Waals surface area contributed by atoms with Gasteiger partial charge in [0, 0.05) is 24.2 Å². The van der Waals surface area contributed by atoms with E-state index in [0.29, 0.717) is 6.54 Å². The monoisotopic (exact) mass is 292 g/mol. The Bertz CT molecular complexity index is 330. The molecule has 0 aliphatic rings. The van der Waals surface area contributed by atoms with Gasteiger partial charge in [0.15, 0.2) is 0 Å². The summed E-state index contributed by atoms with van der Waals surface area (Å²) in [5, 5.41) is 4.20. The predicted octanol–water partition coefficient (Wildman–Crippen LogP) is 1.48. The van der Waals surface area contributed by atoms with Gasteiger partial charge in [0.1, 0.15) is 4.83 Å². The zero-order chi connectivity index (χ0) is 11.3. The highest BCUT2D eigenvalue weighted by Gasteiger charge is 2.14. The number of hydrogen-bond acceptors (Lipinski definition) is 5. The van der Waals surface area contributed by atoms with Gasteiger partial charge in [-0.05, 0) is 6.92 Å². The number of aryl methyl sites for hydroxylation is 1. The highest BCUT2D eigenvalue weighted by molar-refractivity contribution is 9.10. The van der Waals surface area contributed by atoms with Crippen LogP contribution in [0.2, 0.25) is 0 Å². The molecular weight excluding hydrogens is 280 g/mol. The van der Waals surface area contributed by atoms with Gasteiger partial charge in [-0.15, -0.1) is 11.3 Å². The molecule has 1 aromatic heterocycles. The number of halogens is 1. The molecule has 1 unspecified atom stereocenters. The first kappa shape index (κ1) is 12.6. The second-order valence-electron chi connectivity index (χ2n) is 2.97. The van der Waals surface area contributed by atoms with Gasteiger partial charge in [-0.25, -0.2) is 4.98 Å². The Morgan fingerprint density at radius 2 is 2.53 bits per heavy atom. The van der Waals surface area contributed by atoms with E-state index < -0.39 is 0 Å². The van der Waals surface area contributed by atoms with Crippen LogP contribution in [0.3, 0.4) is 0 Å². The summed E-state index contributed by atoms with van der Waals surface area (Å²) in [5.41, 5.74) is 0. The van der Waals surface area contributed by atoms with Crippen molar-refractivity contribution < 1.29 is 9.53 Å². The molecule has 1 aromatic rings. The van der Waals surface area contributed by atoms with E-state index in [0.717, 1.165) is 16.4 Å². The van der Waals surface area contributed by atoms with Crippen molar-refractivity contribution in [2.24, 2.45) is 0 Å². The average Bonchev–Trinajstić information content (AvgIpc) is 2.63. The number of esters is 1. The highest BCUT2D eigenvalue weighted by Crippen LogP contribution is 2.11. The number of rotatable bonds is 5. The summed E-state index contributed by atoms with van der Waals surface area (Å²) in [4.78, 5) is 16.0. The molecule has 0 radical (unpaired) electrons. The van der Waals surface area contributed by atoms with E-state index in [1.54, 1.807) is 11.3 Å². The molecule has 1 N–H and O–H groups in total. The maximum atomic E-state index is 11.0. The average molecular weight is 293 g/mol. The minimum absolute atomic E-state index is 0.261. The van der Waals surface area contributed by atoms with Crippen molar-refractivity contribution in [3.63, 3.8) is 0 Å². The predicted molar refractivity (Wildman–Crippen MR) is 63.3 cm³/mol. The van der Waals surface area contributed by atoms with Crippen LogP contribution in [0.15, 0.2) is 6.20 Å². The van der Waals surface area contributed by atoms with Gasteiger partial charge in [-0.1, -0.05) is 15.9 Å². The summed E-state index contributed by atoms with van der Waals surface area (Å²) in [5.74, 6) is -0.261. The second-order valence-corrected chi connectivity index (χ2v) is 5.39. The van der Waals surface area contributed by atoms with Crippen LogP contribution in [0.5, 0.6) is 0 Å². The Balaban J connectivity index is 2.24. The molecule has 0 saturated carbocycles. The van der Waals surface area contributed by atoms with Gasteiger partial charge >= 0.3 is 5.97 Å². The first-order valence-corrected chi connectivity index (χ1v) is 6.20. The number of carbonyl (C=O) groups excluding carboxylic acids is 1. The van der Waals surface area contributed by atoms with Crippen LogP contribution in [-0.2, 0) is 16.1 Å². The zero-order valence-corrected chi connectivity index (χ0v) is 11.0. The number of aromatic nitrogens is 1. The summed E-state index contributed by atoms with van der Waals surface area (Å²) in [7, 11) is 1.38. The number of carbonyl (C=O) groups is 1. The summed E-state index contributed by atoms with van der Waals surface area (Å²) in [6.07, 6.45) is 1.84. The summed E-state index contributed by atoms with van der Waals surface area (Å²) >= 11 is 4.88. The van der Waals surface area contributed by atoms with E-state index in [9.17, 15) is 4.79 Å².